The quantitative estimate of drug-likeness (QED) is 0.708. The fourth-order valence-corrected chi connectivity index (χ4v) is 2.82. The van der Waals surface area contributed by atoms with E-state index in [-0.39, 0.29) is 0 Å². The molecule has 5 nitrogen and oxygen atoms in total. The van der Waals surface area contributed by atoms with Crippen LogP contribution in [0.4, 0.5) is 5.69 Å². The second kappa shape index (κ2) is 6.87. The number of nitrogens with zero attached hydrogens (tertiary/aromatic N) is 3. The number of anilines is 1. The monoisotopic (exact) mass is 360 g/mol. The lowest BCUT2D eigenvalue weighted by Crippen LogP contribution is -2.13. The normalized spacial score (nSPS) is 12.1. The summed E-state index contributed by atoms with van der Waals surface area (Å²) in [6.45, 7) is 0.624. The Morgan fingerprint density at radius 2 is 2.12 bits per heavy atom. The molecule has 0 atom stereocenters. The van der Waals surface area contributed by atoms with Crippen molar-refractivity contribution >= 4 is 23.1 Å². The fourth-order valence-electron chi connectivity index (χ4n) is 2.60. The minimum Gasteiger partial charge on any atom is -0.454 e. The van der Waals surface area contributed by atoms with Crippen LogP contribution in [0.3, 0.4) is 0 Å². The molecule has 0 spiro atoms. The topological polar surface area (TPSA) is 59.4 Å². The number of rotatable bonds is 3. The van der Waals surface area contributed by atoms with E-state index in [0.29, 0.717) is 28.6 Å². The molecule has 0 amide bonds. The van der Waals surface area contributed by atoms with E-state index in [4.69, 9.17) is 22.8 Å². The third kappa shape index (κ3) is 3.23. The number of halogens is 1. The highest BCUT2D eigenvalue weighted by Crippen LogP contribution is 2.32. The third-order valence-corrected chi connectivity index (χ3v) is 4.12. The predicted molar refractivity (Wildman–Crippen MR) is 102 cm³/mol. The maximum Gasteiger partial charge on any atom is 0.152 e. The first-order chi connectivity index (χ1) is 12.7. The van der Waals surface area contributed by atoms with Crippen molar-refractivity contribution in [3.8, 4) is 23.8 Å². The SMILES string of the molecule is C#Cc1cncc(Oc2ccc(NC3=NCc4cccnc43)cc2Cl)c1. The van der Waals surface area contributed by atoms with Gasteiger partial charge in [0, 0.05) is 29.2 Å². The van der Waals surface area contributed by atoms with E-state index in [1.54, 1.807) is 36.8 Å². The fraction of sp³-hybridized carbons (Fsp3) is 0.0500. The van der Waals surface area contributed by atoms with Crippen LogP contribution >= 0.6 is 11.6 Å². The molecule has 0 bridgehead atoms. The van der Waals surface area contributed by atoms with Crippen LogP contribution in [0.25, 0.3) is 0 Å². The minimum atomic E-state index is 0.459. The highest BCUT2D eigenvalue weighted by molar-refractivity contribution is 6.32. The Labute approximate surface area is 155 Å². The Kier molecular flexibility index (Phi) is 4.26. The van der Waals surface area contributed by atoms with Gasteiger partial charge in [0.25, 0.3) is 0 Å². The molecule has 0 saturated carbocycles. The van der Waals surface area contributed by atoms with Crippen molar-refractivity contribution in [2.24, 2.45) is 4.99 Å². The first-order valence-electron chi connectivity index (χ1n) is 7.88. The molecule has 0 radical (unpaired) electrons. The number of fused-ring (bicyclic) bond motifs is 1. The molecular weight excluding hydrogens is 348 g/mol. The molecule has 126 valence electrons. The van der Waals surface area contributed by atoms with Crippen molar-refractivity contribution in [2.75, 3.05) is 5.32 Å². The van der Waals surface area contributed by atoms with Gasteiger partial charge in [-0.15, -0.1) is 6.42 Å². The molecule has 0 saturated heterocycles. The van der Waals surface area contributed by atoms with Crippen LogP contribution in [0, 0.1) is 12.3 Å². The molecule has 1 aliphatic rings. The van der Waals surface area contributed by atoms with Gasteiger partial charge in [-0.2, -0.15) is 0 Å². The highest BCUT2D eigenvalue weighted by Gasteiger charge is 2.17. The van der Waals surface area contributed by atoms with Crippen molar-refractivity contribution in [3.05, 3.63) is 76.8 Å². The molecule has 3 heterocycles. The second-order valence-electron chi connectivity index (χ2n) is 5.60. The zero-order chi connectivity index (χ0) is 17.9. The predicted octanol–water partition coefficient (Wildman–Crippen LogP) is 4.28. The first-order valence-corrected chi connectivity index (χ1v) is 8.25. The lowest BCUT2D eigenvalue weighted by molar-refractivity contribution is 0.480. The number of hydrogen-bond acceptors (Lipinski definition) is 5. The number of benzene rings is 1. The van der Waals surface area contributed by atoms with Gasteiger partial charge < -0.3 is 10.1 Å². The van der Waals surface area contributed by atoms with Gasteiger partial charge >= 0.3 is 0 Å². The summed E-state index contributed by atoms with van der Waals surface area (Å²) in [5, 5.41) is 3.72. The Balaban J connectivity index is 1.52. The van der Waals surface area contributed by atoms with Crippen LogP contribution < -0.4 is 10.1 Å². The molecule has 0 unspecified atom stereocenters. The van der Waals surface area contributed by atoms with E-state index in [9.17, 15) is 0 Å². The molecule has 3 aromatic rings. The van der Waals surface area contributed by atoms with E-state index >= 15 is 0 Å². The molecule has 1 N–H and O–H groups in total. The molecule has 4 rings (SSSR count). The van der Waals surface area contributed by atoms with Crippen molar-refractivity contribution in [1.82, 2.24) is 9.97 Å². The van der Waals surface area contributed by atoms with E-state index in [1.807, 2.05) is 18.2 Å². The van der Waals surface area contributed by atoms with E-state index in [2.05, 4.69) is 26.2 Å². The number of aliphatic imine (C=N–C) groups is 1. The van der Waals surface area contributed by atoms with Crippen LogP contribution in [0.2, 0.25) is 5.02 Å². The Morgan fingerprint density at radius 3 is 2.96 bits per heavy atom. The Bertz CT molecular complexity index is 1060. The van der Waals surface area contributed by atoms with Crippen LogP contribution in [-0.4, -0.2) is 15.8 Å². The highest BCUT2D eigenvalue weighted by atomic mass is 35.5. The molecule has 26 heavy (non-hydrogen) atoms. The molecule has 1 aliphatic heterocycles. The summed E-state index contributed by atoms with van der Waals surface area (Å²) < 4.78 is 5.77. The van der Waals surface area contributed by atoms with Gasteiger partial charge in [-0.3, -0.25) is 15.0 Å². The largest absolute Gasteiger partial charge is 0.454 e. The maximum atomic E-state index is 6.36. The van der Waals surface area contributed by atoms with Gasteiger partial charge in [-0.05, 0) is 30.3 Å². The standard InChI is InChI=1S/C20H13ClN4O/c1-2-13-8-16(12-22-10-13)26-18-6-5-15(9-17(18)21)25-20-19-14(11-24-20)4-3-7-23-19/h1,3-10,12H,11H2,(H,24,25). The van der Waals surface area contributed by atoms with Crippen LogP contribution in [-0.2, 0) is 6.54 Å². The summed E-state index contributed by atoms with van der Waals surface area (Å²) in [6.07, 6.45) is 10.3. The van der Waals surface area contributed by atoms with Crippen molar-refractivity contribution in [3.63, 3.8) is 0 Å². The van der Waals surface area contributed by atoms with Gasteiger partial charge in [0.2, 0.25) is 0 Å². The van der Waals surface area contributed by atoms with E-state index in [0.717, 1.165) is 22.8 Å². The van der Waals surface area contributed by atoms with E-state index < -0.39 is 0 Å². The zero-order valence-corrected chi connectivity index (χ0v) is 14.4. The number of hydrogen-bond donors (Lipinski definition) is 1. The van der Waals surface area contributed by atoms with Gasteiger partial charge in [0.15, 0.2) is 5.84 Å². The lowest BCUT2D eigenvalue weighted by atomic mass is 10.2. The summed E-state index contributed by atoms with van der Waals surface area (Å²) in [4.78, 5) is 12.9. The summed E-state index contributed by atoms with van der Waals surface area (Å²) in [6, 6.07) is 11.1. The number of aromatic nitrogens is 2. The summed E-state index contributed by atoms with van der Waals surface area (Å²) >= 11 is 6.36. The first kappa shape index (κ1) is 16.1. The van der Waals surface area contributed by atoms with Crippen molar-refractivity contribution in [2.45, 2.75) is 6.54 Å². The number of ether oxygens (including phenoxy) is 1. The van der Waals surface area contributed by atoms with Gasteiger partial charge in [0.1, 0.15) is 17.2 Å². The molecule has 0 fully saturated rings. The lowest BCUT2D eigenvalue weighted by Gasteiger charge is -2.11. The Hall–Kier alpha value is -3.36. The van der Waals surface area contributed by atoms with E-state index in [1.165, 1.54) is 0 Å². The van der Waals surface area contributed by atoms with Gasteiger partial charge in [-0.25, -0.2) is 0 Å². The summed E-state index contributed by atoms with van der Waals surface area (Å²) in [5.74, 6) is 4.30. The van der Waals surface area contributed by atoms with Crippen LogP contribution in [0.15, 0.2) is 60.0 Å². The average molecular weight is 361 g/mol. The zero-order valence-electron chi connectivity index (χ0n) is 13.6. The third-order valence-electron chi connectivity index (χ3n) is 3.83. The Morgan fingerprint density at radius 1 is 1.19 bits per heavy atom. The molecular formula is C20H13ClN4O. The number of nitrogens with one attached hydrogen (secondary N) is 1. The van der Waals surface area contributed by atoms with Crippen LogP contribution in [0.1, 0.15) is 16.8 Å². The number of terminal acetylenes is 1. The molecule has 1 aromatic carbocycles. The second-order valence-corrected chi connectivity index (χ2v) is 6.01. The molecule has 6 heteroatoms. The van der Waals surface area contributed by atoms with Crippen LogP contribution in [0.5, 0.6) is 11.5 Å². The van der Waals surface area contributed by atoms with Crippen molar-refractivity contribution < 1.29 is 4.74 Å². The summed E-state index contributed by atoms with van der Waals surface area (Å²) in [7, 11) is 0. The minimum absolute atomic E-state index is 0.459. The number of amidine groups is 1. The van der Waals surface area contributed by atoms with Gasteiger partial charge in [0.05, 0.1) is 17.8 Å². The smallest absolute Gasteiger partial charge is 0.152 e. The maximum absolute atomic E-state index is 6.36. The van der Waals surface area contributed by atoms with Crippen molar-refractivity contribution in [1.29, 1.82) is 0 Å². The van der Waals surface area contributed by atoms with Gasteiger partial charge in [-0.1, -0.05) is 23.6 Å². The molecule has 2 aromatic heterocycles. The average Bonchev–Trinajstić information content (AvgIpc) is 3.07. The molecule has 0 aliphatic carbocycles. The summed E-state index contributed by atoms with van der Waals surface area (Å²) in [5.41, 5.74) is 3.40. The number of pyridine rings is 2.